The van der Waals surface area contributed by atoms with Crippen LogP contribution in [0.4, 0.5) is 0 Å². The average molecular weight is 311 g/mol. The molecule has 1 atom stereocenters. The zero-order valence-electron chi connectivity index (χ0n) is 12.4. The fourth-order valence-corrected chi connectivity index (χ4v) is 3.56. The molecule has 22 heavy (non-hydrogen) atoms. The van der Waals surface area contributed by atoms with Crippen LogP contribution in [0.5, 0.6) is 0 Å². The van der Waals surface area contributed by atoms with Gasteiger partial charge in [0, 0.05) is 13.1 Å². The maximum atomic E-state index is 5.50. The monoisotopic (exact) mass is 311 g/mol. The smallest absolute Gasteiger partial charge is 0.244 e. The first kappa shape index (κ1) is 13.7. The van der Waals surface area contributed by atoms with E-state index in [9.17, 15) is 0 Å². The first-order valence-corrected chi connectivity index (χ1v) is 8.37. The molecule has 1 aliphatic heterocycles. The van der Waals surface area contributed by atoms with Gasteiger partial charge in [0.15, 0.2) is 0 Å². The van der Waals surface area contributed by atoms with Crippen molar-refractivity contribution >= 4 is 11.3 Å². The van der Waals surface area contributed by atoms with E-state index in [4.69, 9.17) is 4.52 Å². The molecule has 3 aromatic rings. The first-order chi connectivity index (χ1) is 10.8. The summed E-state index contributed by atoms with van der Waals surface area (Å²) >= 11 is 1.63. The van der Waals surface area contributed by atoms with Crippen molar-refractivity contribution < 1.29 is 4.52 Å². The predicted molar refractivity (Wildman–Crippen MR) is 86.6 cm³/mol. The minimum atomic E-state index is 0.134. The molecule has 0 fully saturated rings. The molecule has 0 aliphatic carbocycles. The van der Waals surface area contributed by atoms with E-state index in [1.165, 1.54) is 11.1 Å². The maximum absolute atomic E-state index is 5.50. The minimum absolute atomic E-state index is 0.134. The molecule has 5 heteroatoms. The Labute approximate surface area is 133 Å². The van der Waals surface area contributed by atoms with Gasteiger partial charge in [-0.05, 0) is 35.9 Å². The molecule has 1 aliphatic rings. The van der Waals surface area contributed by atoms with E-state index in [1.54, 1.807) is 11.3 Å². The topological polar surface area (TPSA) is 42.2 Å². The molecule has 3 heterocycles. The molecule has 4 nitrogen and oxygen atoms in total. The predicted octanol–water partition coefficient (Wildman–Crippen LogP) is 3.92. The highest BCUT2D eigenvalue weighted by Crippen LogP contribution is 2.28. The Morgan fingerprint density at radius 2 is 2.05 bits per heavy atom. The fourth-order valence-electron chi connectivity index (χ4n) is 2.92. The number of rotatable bonds is 3. The highest BCUT2D eigenvalue weighted by atomic mass is 32.1. The largest absolute Gasteiger partial charge is 0.337 e. The number of aromatic nitrogens is 2. The third kappa shape index (κ3) is 2.46. The summed E-state index contributed by atoms with van der Waals surface area (Å²) in [5.41, 5.74) is 2.86. The molecule has 0 N–H and O–H groups in total. The Balaban J connectivity index is 1.54. The van der Waals surface area contributed by atoms with Crippen LogP contribution in [0.15, 0.2) is 46.3 Å². The van der Waals surface area contributed by atoms with Crippen LogP contribution in [0.25, 0.3) is 10.7 Å². The average Bonchev–Trinajstić information content (AvgIpc) is 3.24. The lowest BCUT2D eigenvalue weighted by atomic mass is 9.99. The van der Waals surface area contributed by atoms with Crippen molar-refractivity contribution in [1.82, 2.24) is 15.0 Å². The summed E-state index contributed by atoms with van der Waals surface area (Å²) in [5.74, 6) is 1.39. The van der Waals surface area contributed by atoms with Gasteiger partial charge >= 0.3 is 0 Å². The Morgan fingerprint density at radius 3 is 2.86 bits per heavy atom. The Kier molecular flexibility index (Phi) is 3.52. The van der Waals surface area contributed by atoms with Gasteiger partial charge in [0.2, 0.25) is 11.7 Å². The number of fused-ring (bicyclic) bond motifs is 1. The quantitative estimate of drug-likeness (QED) is 0.735. The highest BCUT2D eigenvalue weighted by Gasteiger charge is 2.25. The van der Waals surface area contributed by atoms with Crippen LogP contribution in [0.3, 0.4) is 0 Å². The molecule has 1 aromatic carbocycles. The summed E-state index contributed by atoms with van der Waals surface area (Å²) in [6, 6.07) is 12.8. The van der Waals surface area contributed by atoms with Crippen molar-refractivity contribution in [1.29, 1.82) is 0 Å². The molecule has 0 radical (unpaired) electrons. The lowest BCUT2D eigenvalue weighted by Crippen LogP contribution is -2.33. The standard InChI is InChI=1S/C17H17N3OS/c1-12(17-18-16(19-21-17)15-7-4-10-22-15)20-9-8-13-5-2-3-6-14(13)11-20/h2-7,10,12H,8-9,11H2,1H3/t12-/m1/s1. The number of thiophene rings is 1. The van der Waals surface area contributed by atoms with Crippen LogP contribution < -0.4 is 0 Å². The molecular formula is C17H17N3OS. The maximum Gasteiger partial charge on any atom is 0.244 e. The normalized spacial score (nSPS) is 16.4. The van der Waals surface area contributed by atoms with Crippen molar-refractivity contribution in [2.45, 2.75) is 25.9 Å². The zero-order valence-corrected chi connectivity index (χ0v) is 13.2. The van der Waals surface area contributed by atoms with E-state index in [0.717, 1.165) is 24.4 Å². The van der Waals surface area contributed by atoms with Crippen molar-refractivity contribution in [3.8, 4) is 10.7 Å². The highest BCUT2D eigenvalue weighted by molar-refractivity contribution is 7.13. The van der Waals surface area contributed by atoms with Crippen molar-refractivity contribution in [2.75, 3.05) is 6.54 Å². The number of hydrogen-bond donors (Lipinski definition) is 0. The van der Waals surface area contributed by atoms with Gasteiger partial charge in [-0.3, -0.25) is 4.90 Å². The SMILES string of the molecule is C[C@H](c1nc(-c2cccs2)no1)N1CCc2ccccc2C1. The van der Waals surface area contributed by atoms with E-state index < -0.39 is 0 Å². The van der Waals surface area contributed by atoms with Crippen LogP contribution >= 0.6 is 11.3 Å². The van der Waals surface area contributed by atoms with Crippen molar-refractivity contribution in [3.63, 3.8) is 0 Å². The van der Waals surface area contributed by atoms with Crippen molar-refractivity contribution in [2.24, 2.45) is 0 Å². The Morgan fingerprint density at radius 1 is 1.18 bits per heavy atom. The van der Waals surface area contributed by atoms with Gasteiger partial charge in [-0.2, -0.15) is 4.98 Å². The van der Waals surface area contributed by atoms with Crippen LogP contribution in [0.2, 0.25) is 0 Å². The van der Waals surface area contributed by atoms with Gasteiger partial charge < -0.3 is 4.52 Å². The van der Waals surface area contributed by atoms with E-state index in [2.05, 4.69) is 46.2 Å². The molecule has 112 valence electrons. The molecule has 2 aromatic heterocycles. The molecule has 0 amide bonds. The fraction of sp³-hybridized carbons (Fsp3) is 0.294. The lowest BCUT2D eigenvalue weighted by Gasteiger charge is -2.31. The van der Waals surface area contributed by atoms with Crippen LogP contribution in [-0.2, 0) is 13.0 Å². The second kappa shape index (κ2) is 5.66. The third-order valence-corrected chi connectivity index (χ3v) is 5.11. The Hall–Kier alpha value is -1.98. The van der Waals surface area contributed by atoms with Gasteiger partial charge in [0.1, 0.15) is 0 Å². The third-order valence-electron chi connectivity index (χ3n) is 4.25. The minimum Gasteiger partial charge on any atom is -0.337 e. The van der Waals surface area contributed by atoms with E-state index in [-0.39, 0.29) is 6.04 Å². The molecular weight excluding hydrogens is 294 g/mol. The van der Waals surface area contributed by atoms with Crippen molar-refractivity contribution in [3.05, 3.63) is 58.8 Å². The van der Waals surface area contributed by atoms with Gasteiger partial charge in [0.05, 0.1) is 10.9 Å². The number of nitrogens with zero attached hydrogens (tertiary/aromatic N) is 3. The molecule has 0 saturated carbocycles. The molecule has 4 rings (SSSR count). The summed E-state index contributed by atoms with van der Waals surface area (Å²) in [6.45, 7) is 4.10. The van der Waals surface area contributed by atoms with Crippen LogP contribution in [-0.4, -0.2) is 21.6 Å². The van der Waals surface area contributed by atoms with Gasteiger partial charge in [-0.25, -0.2) is 0 Å². The van der Waals surface area contributed by atoms with Crippen LogP contribution in [0, 0.1) is 0 Å². The van der Waals surface area contributed by atoms with Gasteiger partial charge in [-0.15, -0.1) is 11.3 Å². The summed E-state index contributed by atoms with van der Waals surface area (Å²) in [5, 5.41) is 6.14. The summed E-state index contributed by atoms with van der Waals surface area (Å²) < 4.78 is 5.50. The molecule has 0 spiro atoms. The summed E-state index contributed by atoms with van der Waals surface area (Å²) in [7, 11) is 0. The van der Waals surface area contributed by atoms with Crippen LogP contribution in [0.1, 0.15) is 30.0 Å². The Bertz CT molecular complexity index is 766. The number of hydrogen-bond acceptors (Lipinski definition) is 5. The van der Waals surface area contributed by atoms with Gasteiger partial charge in [-0.1, -0.05) is 35.5 Å². The molecule has 0 saturated heterocycles. The van der Waals surface area contributed by atoms with E-state index in [0.29, 0.717) is 11.7 Å². The second-order valence-electron chi connectivity index (χ2n) is 5.60. The van der Waals surface area contributed by atoms with Gasteiger partial charge in [0.25, 0.3) is 0 Å². The molecule has 0 unspecified atom stereocenters. The molecule has 0 bridgehead atoms. The summed E-state index contributed by atoms with van der Waals surface area (Å²) in [6.07, 6.45) is 1.08. The summed E-state index contributed by atoms with van der Waals surface area (Å²) in [4.78, 5) is 8.02. The second-order valence-corrected chi connectivity index (χ2v) is 6.55. The zero-order chi connectivity index (χ0) is 14.9. The first-order valence-electron chi connectivity index (χ1n) is 7.49. The van der Waals surface area contributed by atoms with E-state index in [1.807, 2.05) is 17.5 Å². The van der Waals surface area contributed by atoms with E-state index >= 15 is 0 Å². The number of benzene rings is 1. The lowest BCUT2D eigenvalue weighted by molar-refractivity contribution is 0.158.